The summed E-state index contributed by atoms with van der Waals surface area (Å²) in [5.41, 5.74) is 0. The molecule has 11 heavy (non-hydrogen) atoms. The third-order valence-corrected chi connectivity index (χ3v) is 1.78. The lowest BCUT2D eigenvalue weighted by Gasteiger charge is -2.05. The minimum atomic E-state index is 0.753. The highest BCUT2D eigenvalue weighted by molar-refractivity contribution is 6.17. The average Bonchev–Trinajstić information content (AvgIpc) is 1.96. The molecule has 68 valence electrons. The summed E-state index contributed by atoms with van der Waals surface area (Å²) in [5, 5.41) is 0. The van der Waals surface area contributed by atoms with Gasteiger partial charge in [-0.3, -0.25) is 0 Å². The van der Waals surface area contributed by atoms with E-state index in [0.29, 0.717) is 0 Å². The Bertz CT molecular complexity index is 74.0. The van der Waals surface area contributed by atoms with Crippen molar-refractivity contribution in [1.82, 2.24) is 0 Å². The van der Waals surface area contributed by atoms with Crippen LogP contribution in [0.5, 0.6) is 0 Å². The van der Waals surface area contributed by atoms with Crippen LogP contribution in [-0.4, -0.2) is 19.1 Å². The molecule has 0 fully saturated rings. The summed E-state index contributed by atoms with van der Waals surface area (Å²) in [6, 6.07) is 0. The standard InChI is InChI=1S/C9H19ClO/c1-9(2)5-8-11-7-4-3-6-10/h9H,3-8H2,1-2H3. The molecule has 0 saturated heterocycles. The normalized spacial score (nSPS) is 10.9. The van der Waals surface area contributed by atoms with E-state index in [1.807, 2.05) is 0 Å². The van der Waals surface area contributed by atoms with E-state index < -0.39 is 0 Å². The smallest absolute Gasteiger partial charge is 0.0468 e. The average molecular weight is 179 g/mol. The van der Waals surface area contributed by atoms with E-state index in [0.717, 1.165) is 37.9 Å². The second kappa shape index (κ2) is 8.35. The van der Waals surface area contributed by atoms with Crippen molar-refractivity contribution in [1.29, 1.82) is 0 Å². The Kier molecular flexibility index (Phi) is 8.54. The summed E-state index contributed by atoms with van der Waals surface area (Å²) in [5.74, 6) is 1.51. The maximum atomic E-state index is 5.51. The molecule has 0 aromatic heterocycles. The van der Waals surface area contributed by atoms with Crippen molar-refractivity contribution in [2.45, 2.75) is 33.1 Å². The third-order valence-electron chi connectivity index (χ3n) is 1.51. The van der Waals surface area contributed by atoms with Gasteiger partial charge in [0.2, 0.25) is 0 Å². The molecule has 0 rings (SSSR count). The van der Waals surface area contributed by atoms with E-state index in [9.17, 15) is 0 Å². The second-order valence-electron chi connectivity index (χ2n) is 3.19. The summed E-state index contributed by atoms with van der Waals surface area (Å²) >= 11 is 5.51. The number of unbranched alkanes of at least 4 members (excludes halogenated alkanes) is 1. The number of hydrogen-bond acceptors (Lipinski definition) is 1. The molecule has 0 aliphatic carbocycles. The largest absolute Gasteiger partial charge is 0.381 e. The molecular weight excluding hydrogens is 160 g/mol. The van der Waals surface area contributed by atoms with Gasteiger partial charge in [-0.2, -0.15) is 0 Å². The van der Waals surface area contributed by atoms with Crippen molar-refractivity contribution < 1.29 is 4.74 Å². The first kappa shape index (κ1) is 11.2. The number of rotatable bonds is 7. The SMILES string of the molecule is CC(C)CCOCCCCCl. The molecular formula is C9H19ClO. The van der Waals surface area contributed by atoms with E-state index in [-0.39, 0.29) is 0 Å². The molecule has 0 saturated carbocycles. The van der Waals surface area contributed by atoms with Crippen LogP contribution < -0.4 is 0 Å². The first-order valence-corrected chi connectivity index (χ1v) is 4.94. The van der Waals surface area contributed by atoms with Crippen LogP contribution in [0.1, 0.15) is 33.1 Å². The fourth-order valence-corrected chi connectivity index (χ4v) is 0.909. The molecule has 2 heteroatoms. The van der Waals surface area contributed by atoms with Crippen LogP contribution in [0.25, 0.3) is 0 Å². The molecule has 0 spiro atoms. The van der Waals surface area contributed by atoms with Crippen molar-refractivity contribution in [2.75, 3.05) is 19.1 Å². The van der Waals surface area contributed by atoms with Crippen LogP contribution in [0.4, 0.5) is 0 Å². The lowest BCUT2D eigenvalue weighted by Crippen LogP contribution is -2.00. The molecule has 0 atom stereocenters. The van der Waals surface area contributed by atoms with E-state index in [1.54, 1.807) is 0 Å². The van der Waals surface area contributed by atoms with Gasteiger partial charge < -0.3 is 4.74 Å². The zero-order valence-electron chi connectivity index (χ0n) is 7.61. The van der Waals surface area contributed by atoms with Crippen LogP contribution in [0.15, 0.2) is 0 Å². The van der Waals surface area contributed by atoms with E-state index in [2.05, 4.69) is 13.8 Å². The fraction of sp³-hybridized carbons (Fsp3) is 1.00. The zero-order valence-corrected chi connectivity index (χ0v) is 8.36. The first-order chi connectivity index (χ1) is 5.27. The topological polar surface area (TPSA) is 9.23 Å². The number of alkyl halides is 1. The van der Waals surface area contributed by atoms with Gasteiger partial charge >= 0.3 is 0 Å². The molecule has 0 aliphatic heterocycles. The molecule has 0 N–H and O–H groups in total. The van der Waals surface area contributed by atoms with Gasteiger partial charge in [-0.1, -0.05) is 13.8 Å². The van der Waals surface area contributed by atoms with Crippen LogP contribution >= 0.6 is 11.6 Å². The Morgan fingerprint density at radius 3 is 2.45 bits per heavy atom. The van der Waals surface area contributed by atoms with Crippen LogP contribution in [-0.2, 0) is 4.74 Å². The van der Waals surface area contributed by atoms with Crippen LogP contribution in [0.3, 0.4) is 0 Å². The maximum absolute atomic E-state index is 5.51. The van der Waals surface area contributed by atoms with Crippen molar-refractivity contribution in [3.8, 4) is 0 Å². The molecule has 0 heterocycles. The van der Waals surface area contributed by atoms with Crippen molar-refractivity contribution in [2.24, 2.45) is 5.92 Å². The lowest BCUT2D eigenvalue weighted by atomic mass is 10.1. The Hall–Kier alpha value is 0.250. The van der Waals surface area contributed by atoms with Crippen molar-refractivity contribution in [3.05, 3.63) is 0 Å². The van der Waals surface area contributed by atoms with E-state index >= 15 is 0 Å². The summed E-state index contributed by atoms with van der Waals surface area (Å²) in [6.45, 7) is 6.20. The predicted octanol–water partition coefficient (Wildman–Crippen LogP) is 3.07. The quantitative estimate of drug-likeness (QED) is 0.430. The fourth-order valence-electron chi connectivity index (χ4n) is 0.720. The molecule has 1 nitrogen and oxygen atoms in total. The van der Waals surface area contributed by atoms with Gasteiger partial charge in [0.25, 0.3) is 0 Å². The van der Waals surface area contributed by atoms with Gasteiger partial charge in [0.05, 0.1) is 0 Å². The maximum Gasteiger partial charge on any atom is 0.0468 e. The minimum absolute atomic E-state index is 0.753. The summed E-state index contributed by atoms with van der Waals surface area (Å²) < 4.78 is 5.39. The Labute approximate surface area is 75.1 Å². The predicted molar refractivity (Wildman–Crippen MR) is 50.2 cm³/mol. The van der Waals surface area contributed by atoms with Gasteiger partial charge in [0.15, 0.2) is 0 Å². The van der Waals surface area contributed by atoms with Crippen molar-refractivity contribution in [3.63, 3.8) is 0 Å². The highest BCUT2D eigenvalue weighted by Gasteiger charge is 1.93. The van der Waals surface area contributed by atoms with E-state index in [4.69, 9.17) is 16.3 Å². The lowest BCUT2D eigenvalue weighted by molar-refractivity contribution is 0.121. The molecule has 0 amide bonds. The number of ether oxygens (including phenoxy) is 1. The molecule has 0 aromatic rings. The monoisotopic (exact) mass is 178 g/mol. The molecule has 0 unspecified atom stereocenters. The zero-order chi connectivity index (χ0) is 8.53. The van der Waals surface area contributed by atoms with Gasteiger partial charge in [-0.25, -0.2) is 0 Å². The van der Waals surface area contributed by atoms with Gasteiger partial charge in [-0.05, 0) is 25.2 Å². The van der Waals surface area contributed by atoms with Gasteiger partial charge in [0.1, 0.15) is 0 Å². The Morgan fingerprint density at radius 2 is 1.91 bits per heavy atom. The molecule has 0 aromatic carbocycles. The third kappa shape index (κ3) is 10.2. The highest BCUT2D eigenvalue weighted by Crippen LogP contribution is 2.00. The number of hydrogen-bond donors (Lipinski definition) is 0. The van der Waals surface area contributed by atoms with Gasteiger partial charge in [0, 0.05) is 19.1 Å². The van der Waals surface area contributed by atoms with Crippen LogP contribution in [0.2, 0.25) is 0 Å². The molecule has 0 bridgehead atoms. The molecule has 0 aliphatic rings. The first-order valence-electron chi connectivity index (χ1n) is 4.41. The van der Waals surface area contributed by atoms with E-state index in [1.165, 1.54) is 6.42 Å². The summed E-state index contributed by atoms with van der Waals surface area (Å²) in [4.78, 5) is 0. The minimum Gasteiger partial charge on any atom is -0.381 e. The Balaban J connectivity index is 2.80. The van der Waals surface area contributed by atoms with Crippen molar-refractivity contribution >= 4 is 11.6 Å². The number of halogens is 1. The Morgan fingerprint density at radius 1 is 1.18 bits per heavy atom. The summed E-state index contributed by atoms with van der Waals surface area (Å²) in [6.07, 6.45) is 3.34. The second-order valence-corrected chi connectivity index (χ2v) is 3.57. The summed E-state index contributed by atoms with van der Waals surface area (Å²) in [7, 11) is 0. The molecule has 0 radical (unpaired) electrons. The van der Waals surface area contributed by atoms with Crippen LogP contribution in [0, 0.1) is 5.92 Å². The highest BCUT2D eigenvalue weighted by atomic mass is 35.5. The van der Waals surface area contributed by atoms with Gasteiger partial charge in [-0.15, -0.1) is 11.6 Å².